The van der Waals surface area contributed by atoms with Gasteiger partial charge in [-0.25, -0.2) is 0 Å². The molecule has 0 saturated heterocycles. The monoisotopic (exact) mass is 325 g/mol. The standard InChI is InChI=1S/C19H23N3S/c1-19(2,3)17-11-9-16(10-12-17)14-21-22-18(23)20-13-15-7-5-4-6-8-15/h4-12,14H,13H2,1-3H3,(H2,20,22,23)/b21-14-. The zero-order valence-corrected chi connectivity index (χ0v) is 14.7. The normalized spacial score (nSPS) is 11.4. The van der Waals surface area contributed by atoms with E-state index in [9.17, 15) is 0 Å². The maximum atomic E-state index is 5.20. The molecule has 0 unspecified atom stereocenters. The molecule has 0 bridgehead atoms. The summed E-state index contributed by atoms with van der Waals surface area (Å²) in [6, 6.07) is 18.5. The molecule has 0 amide bonds. The SMILES string of the molecule is CC(C)(C)c1ccc(/C=N\NC(=S)NCc2ccccc2)cc1. The van der Waals surface area contributed by atoms with E-state index in [4.69, 9.17) is 12.2 Å². The highest BCUT2D eigenvalue weighted by Crippen LogP contribution is 2.21. The first-order valence-corrected chi connectivity index (χ1v) is 8.07. The van der Waals surface area contributed by atoms with Crippen LogP contribution in [0.4, 0.5) is 0 Å². The molecule has 0 fully saturated rings. The van der Waals surface area contributed by atoms with Crippen LogP contribution in [0.25, 0.3) is 0 Å². The second kappa shape index (κ2) is 7.88. The maximum Gasteiger partial charge on any atom is 0.187 e. The number of rotatable bonds is 4. The van der Waals surface area contributed by atoms with E-state index in [0.717, 1.165) is 5.56 Å². The van der Waals surface area contributed by atoms with Gasteiger partial charge in [-0.05, 0) is 34.3 Å². The Kier molecular flexibility index (Phi) is 5.88. The topological polar surface area (TPSA) is 36.4 Å². The summed E-state index contributed by atoms with van der Waals surface area (Å²) in [4.78, 5) is 0. The van der Waals surface area contributed by atoms with E-state index in [2.05, 4.69) is 73.0 Å². The first kappa shape index (κ1) is 17.2. The minimum atomic E-state index is 0.164. The summed E-state index contributed by atoms with van der Waals surface area (Å²) in [5.74, 6) is 0. The van der Waals surface area contributed by atoms with Gasteiger partial charge < -0.3 is 5.32 Å². The maximum absolute atomic E-state index is 5.20. The summed E-state index contributed by atoms with van der Waals surface area (Å²) in [6.07, 6.45) is 1.77. The van der Waals surface area contributed by atoms with Crippen LogP contribution < -0.4 is 10.7 Å². The Hall–Kier alpha value is -2.20. The van der Waals surface area contributed by atoms with E-state index >= 15 is 0 Å². The van der Waals surface area contributed by atoms with Crippen molar-refractivity contribution in [3.05, 3.63) is 71.3 Å². The number of hydrogen-bond donors (Lipinski definition) is 2. The minimum Gasteiger partial charge on any atom is -0.357 e. The van der Waals surface area contributed by atoms with Gasteiger partial charge in [0.1, 0.15) is 0 Å². The molecule has 0 aliphatic heterocycles. The summed E-state index contributed by atoms with van der Waals surface area (Å²) >= 11 is 5.20. The van der Waals surface area contributed by atoms with Crippen molar-refractivity contribution in [2.75, 3.05) is 0 Å². The Balaban J connectivity index is 1.80. The molecule has 4 heteroatoms. The fourth-order valence-electron chi connectivity index (χ4n) is 2.05. The molecule has 0 aliphatic rings. The molecule has 0 aliphatic carbocycles. The van der Waals surface area contributed by atoms with E-state index in [1.54, 1.807) is 6.21 Å². The van der Waals surface area contributed by atoms with Crippen LogP contribution in [0.15, 0.2) is 59.7 Å². The average Bonchev–Trinajstić information content (AvgIpc) is 2.53. The molecule has 2 aromatic carbocycles. The summed E-state index contributed by atoms with van der Waals surface area (Å²) < 4.78 is 0. The molecule has 0 saturated carbocycles. The predicted molar refractivity (Wildman–Crippen MR) is 102 cm³/mol. The van der Waals surface area contributed by atoms with Gasteiger partial charge in [0.2, 0.25) is 0 Å². The number of hydrazone groups is 1. The van der Waals surface area contributed by atoms with E-state index < -0.39 is 0 Å². The van der Waals surface area contributed by atoms with Gasteiger partial charge >= 0.3 is 0 Å². The lowest BCUT2D eigenvalue weighted by Gasteiger charge is -2.18. The summed E-state index contributed by atoms with van der Waals surface area (Å²) in [6.45, 7) is 7.29. The number of benzene rings is 2. The lowest BCUT2D eigenvalue weighted by Crippen LogP contribution is -2.31. The van der Waals surface area contributed by atoms with Gasteiger partial charge in [0, 0.05) is 6.54 Å². The van der Waals surface area contributed by atoms with Gasteiger partial charge in [-0.2, -0.15) is 5.10 Å². The highest BCUT2D eigenvalue weighted by atomic mass is 32.1. The van der Waals surface area contributed by atoms with Crippen molar-refractivity contribution in [1.82, 2.24) is 10.7 Å². The van der Waals surface area contributed by atoms with E-state index in [-0.39, 0.29) is 5.41 Å². The number of thiocarbonyl (C=S) groups is 1. The smallest absolute Gasteiger partial charge is 0.187 e. The lowest BCUT2D eigenvalue weighted by atomic mass is 9.87. The molecular weight excluding hydrogens is 302 g/mol. The summed E-state index contributed by atoms with van der Waals surface area (Å²) in [5, 5.41) is 7.80. The molecule has 23 heavy (non-hydrogen) atoms. The Labute approximate surface area is 143 Å². The molecule has 0 heterocycles. The van der Waals surface area contributed by atoms with Gasteiger partial charge in [0.25, 0.3) is 0 Å². The third-order valence-corrected chi connectivity index (χ3v) is 3.69. The Morgan fingerprint density at radius 3 is 2.30 bits per heavy atom. The highest BCUT2D eigenvalue weighted by molar-refractivity contribution is 7.80. The van der Waals surface area contributed by atoms with Crippen molar-refractivity contribution >= 4 is 23.5 Å². The lowest BCUT2D eigenvalue weighted by molar-refractivity contribution is 0.590. The molecule has 3 nitrogen and oxygen atoms in total. The first-order chi connectivity index (χ1) is 10.9. The van der Waals surface area contributed by atoms with Crippen LogP contribution >= 0.6 is 12.2 Å². The van der Waals surface area contributed by atoms with Crippen molar-refractivity contribution in [3.8, 4) is 0 Å². The van der Waals surface area contributed by atoms with Crippen molar-refractivity contribution in [2.45, 2.75) is 32.7 Å². The zero-order valence-electron chi connectivity index (χ0n) is 13.8. The van der Waals surface area contributed by atoms with Gasteiger partial charge in [-0.3, -0.25) is 5.43 Å². The van der Waals surface area contributed by atoms with Crippen LogP contribution in [0, 0.1) is 0 Å². The molecule has 120 valence electrons. The van der Waals surface area contributed by atoms with Crippen molar-refractivity contribution in [2.24, 2.45) is 5.10 Å². The van der Waals surface area contributed by atoms with E-state index in [1.807, 2.05) is 18.2 Å². The van der Waals surface area contributed by atoms with E-state index in [0.29, 0.717) is 11.7 Å². The van der Waals surface area contributed by atoms with Gasteiger partial charge in [-0.15, -0.1) is 0 Å². The molecule has 0 atom stereocenters. The predicted octanol–water partition coefficient (Wildman–Crippen LogP) is 3.98. The second-order valence-electron chi connectivity index (χ2n) is 6.41. The molecule has 0 aromatic heterocycles. The molecular formula is C19H23N3S. The number of nitrogens with zero attached hydrogens (tertiary/aromatic N) is 1. The van der Waals surface area contributed by atoms with Crippen LogP contribution in [-0.4, -0.2) is 11.3 Å². The van der Waals surface area contributed by atoms with E-state index in [1.165, 1.54) is 11.1 Å². The Morgan fingerprint density at radius 1 is 1.04 bits per heavy atom. The van der Waals surface area contributed by atoms with Crippen LogP contribution in [0.3, 0.4) is 0 Å². The van der Waals surface area contributed by atoms with Gasteiger partial charge in [-0.1, -0.05) is 75.4 Å². The van der Waals surface area contributed by atoms with Crippen LogP contribution in [0.2, 0.25) is 0 Å². The molecule has 2 N–H and O–H groups in total. The van der Waals surface area contributed by atoms with Crippen LogP contribution in [-0.2, 0) is 12.0 Å². The van der Waals surface area contributed by atoms with Gasteiger partial charge in [0.05, 0.1) is 6.21 Å². The number of hydrogen-bond acceptors (Lipinski definition) is 2. The van der Waals surface area contributed by atoms with Crippen molar-refractivity contribution in [1.29, 1.82) is 0 Å². The summed E-state index contributed by atoms with van der Waals surface area (Å²) in [7, 11) is 0. The fraction of sp³-hybridized carbons (Fsp3) is 0.263. The van der Waals surface area contributed by atoms with Crippen molar-refractivity contribution < 1.29 is 0 Å². The van der Waals surface area contributed by atoms with Crippen LogP contribution in [0.1, 0.15) is 37.5 Å². The molecule has 0 spiro atoms. The summed E-state index contributed by atoms with van der Waals surface area (Å²) in [5.41, 5.74) is 6.52. The zero-order chi connectivity index (χ0) is 16.7. The molecule has 2 aromatic rings. The van der Waals surface area contributed by atoms with Crippen molar-refractivity contribution in [3.63, 3.8) is 0 Å². The molecule has 2 rings (SSSR count). The Bertz CT molecular complexity index is 655. The molecule has 0 radical (unpaired) electrons. The average molecular weight is 325 g/mol. The second-order valence-corrected chi connectivity index (χ2v) is 6.82. The quantitative estimate of drug-likeness (QED) is 0.507. The fourth-order valence-corrected chi connectivity index (χ4v) is 2.18. The highest BCUT2D eigenvalue weighted by Gasteiger charge is 2.12. The largest absolute Gasteiger partial charge is 0.357 e. The minimum absolute atomic E-state index is 0.164. The Morgan fingerprint density at radius 2 is 1.70 bits per heavy atom. The third-order valence-electron chi connectivity index (χ3n) is 3.45. The third kappa shape index (κ3) is 5.83. The van der Waals surface area contributed by atoms with Gasteiger partial charge in [0.15, 0.2) is 5.11 Å². The van der Waals surface area contributed by atoms with Crippen LogP contribution in [0.5, 0.6) is 0 Å². The first-order valence-electron chi connectivity index (χ1n) is 7.66. The number of nitrogens with one attached hydrogen (secondary N) is 2.